The first-order valence-corrected chi connectivity index (χ1v) is 6.35. The second-order valence-corrected chi connectivity index (χ2v) is 4.35. The normalized spacial score (nSPS) is 11.9. The largest absolute Gasteiger partial charge is 0.370 e. The van der Waals surface area contributed by atoms with Gasteiger partial charge in [0.1, 0.15) is 0 Å². The van der Waals surface area contributed by atoms with Crippen molar-refractivity contribution in [2.45, 2.75) is 57.9 Å². The van der Waals surface area contributed by atoms with Crippen LogP contribution >= 0.6 is 0 Å². The predicted molar refractivity (Wildman–Crippen MR) is 68.3 cm³/mol. The van der Waals surface area contributed by atoms with E-state index in [-0.39, 0.29) is 12.3 Å². The van der Waals surface area contributed by atoms with E-state index in [9.17, 15) is 14.4 Å². The second-order valence-electron chi connectivity index (χ2n) is 4.35. The lowest BCUT2D eigenvalue weighted by Gasteiger charge is -2.09. The first-order valence-electron chi connectivity index (χ1n) is 6.35. The number of hydrogen-bond acceptors (Lipinski definition) is 4. The molecule has 0 aliphatic carbocycles. The molecule has 104 valence electrons. The minimum atomic E-state index is -1.05. The number of rotatable bonds is 9. The van der Waals surface area contributed by atoms with Crippen molar-refractivity contribution in [3.8, 4) is 0 Å². The summed E-state index contributed by atoms with van der Waals surface area (Å²) in [5.74, 6) is -1.66. The molecule has 0 unspecified atom stereocenters. The summed E-state index contributed by atoms with van der Waals surface area (Å²) < 4.78 is 0. The van der Waals surface area contributed by atoms with Crippen LogP contribution in [-0.4, -0.2) is 23.8 Å². The SMILES string of the molecule is CCCCCCCC(=O)NC(=O)[C@@H](N)CC(N)=O. The van der Waals surface area contributed by atoms with Crippen molar-refractivity contribution in [3.05, 3.63) is 0 Å². The molecule has 0 aliphatic rings. The van der Waals surface area contributed by atoms with Crippen molar-refractivity contribution in [2.75, 3.05) is 0 Å². The number of primary amides is 1. The summed E-state index contributed by atoms with van der Waals surface area (Å²) in [6.45, 7) is 2.12. The fraction of sp³-hybridized carbons (Fsp3) is 0.750. The van der Waals surface area contributed by atoms with E-state index in [1.165, 1.54) is 0 Å². The van der Waals surface area contributed by atoms with Gasteiger partial charge in [-0.1, -0.05) is 32.6 Å². The molecule has 0 spiro atoms. The van der Waals surface area contributed by atoms with Crippen molar-refractivity contribution in [2.24, 2.45) is 11.5 Å². The minimum absolute atomic E-state index is 0.254. The predicted octanol–water partition coefficient (Wildman–Crippen LogP) is 0.192. The highest BCUT2D eigenvalue weighted by atomic mass is 16.2. The van der Waals surface area contributed by atoms with Crippen LogP contribution in [0.5, 0.6) is 0 Å². The molecule has 0 saturated carbocycles. The summed E-state index contributed by atoms with van der Waals surface area (Å²) in [5, 5.41) is 2.17. The van der Waals surface area contributed by atoms with Gasteiger partial charge in [0.05, 0.1) is 12.5 Å². The zero-order chi connectivity index (χ0) is 14.0. The molecule has 0 rings (SSSR count). The molecule has 0 fully saturated rings. The number of nitrogens with one attached hydrogen (secondary N) is 1. The molecular weight excluding hydrogens is 234 g/mol. The topological polar surface area (TPSA) is 115 Å². The summed E-state index contributed by atoms with van der Waals surface area (Å²) in [6, 6.07) is -1.05. The van der Waals surface area contributed by atoms with Gasteiger partial charge in [-0.05, 0) is 6.42 Å². The molecule has 1 atom stereocenters. The average molecular weight is 257 g/mol. The molecule has 0 radical (unpaired) electrons. The van der Waals surface area contributed by atoms with Gasteiger partial charge in [-0.2, -0.15) is 0 Å². The van der Waals surface area contributed by atoms with Gasteiger partial charge in [0.25, 0.3) is 0 Å². The fourth-order valence-electron chi connectivity index (χ4n) is 1.49. The van der Waals surface area contributed by atoms with Gasteiger partial charge in [-0.25, -0.2) is 0 Å². The van der Waals surface area contributed by atoms with Gasteiger partial charge in [0, 0.05) is 6.42 Å². The lowest BCUT2D eigenvalue weighted by atomic mass is 10.1. The third-order valence-electron chi connectivity index (χ3n) is 2.53. The van der Waals surface area contributed by atoms with Crippen LogP contribution in [0.25, 0.3) is 0 Å². The number of carbonyl (C=O) groups is 3. The van der Waals surface area contributed by atoms with Crippen LogP contribution in [0.1, 0.15) is 51.9 Å². The van der Waals surface area contributed by atoms with E-state index >= 15 is 0 Å². The monoisotopic (exact) mass is 257 g/mol. The highest BCUT2D eigenvalue weighted by Gasteiger charge is 2.17. The van der Waals surface area contributed by atoms with Crippen LogP contribution in [0.4, 0.5) is 0 Å². The Morgan fingerprint density at radius 2 is 1.72 bits per heavy atom. The van der Waals surface area contributed by atoms with Crippen LogP contribution in [0.2, 0.25) is 0 Å². The number of nitrogens with two attached hydrogens (primary N) is 2. The molecule has 5 N–H and O–H groups in total. The number of amides is 3. The van der Waals surface area contributed by atoms with Crippen LogP contribution in [0, 0.1) is 0 Å². The molecule has 18 heavy (non-hydrogen) atoms. The quantitative estimate of drug-likeness (QED) is 0.511. The maximum Gasteiger partial charge on any atom is 0.243 e. The maximum atomic E-state index is 11.4. The first-order chi connectivity index (χ1) is 8.47. The van der Waals surface area contributed by atoms with Crippen LogP contribution in [0.3, 0.4) is 0 Å². The van der Waals surface area contributed by atoms with Gasteiger partial charge in [0.2, 0.25) is 17.7 Å². The van der Waals surface area contributed by atoms with E-state index in [1.54, 1.807) is 0 Å². The Bertz CT molecular complexity index is 292. The molecule has 0 saturated heterocycles. The molecule has 0 aliphatic heterocycles. The highest BCUT2D eigenvalue weighted by Crippen LogP contribution is 2.04. The van der Waals surface area contributed by atoms with Gasteiger partial charge in [0.15, 0.2) is 0 Å². The summed E-state index contributed by atoms with van der Waals surface area (Å²) in [5.41, 5.74) is 10.3. The van der Waals surface area contributed by atoms with Crippen LogP contribution < -0.4 is 16.8 Å². The second kappa shape index (κ2) is 9.58. The molecule has 6 heteroatoms. The van der Waals surface area contributed by atoms with Crippen LogP contribution in [-0.2, 0) is 14.4 Å². The van der Waals surface area contributed by atoms with Crippen LogP contribution in [0.15, 0.2) is 0 Å². The van der Waals surface area contributed by atoms with Gasteiger partial charge >= 0.3 is 0 Å². The fourth-order valence-corrected chi connectivity index (χ4v) is 1.49. The van der Waals surface area contributed by atoms with E-state index in [0.717, 1.165) is 32.1 Å². The minimum Gasteiger partial charge on any atom is -0.370 e. The van der Waals surface area contributed by atoms with Gasteiger partial charge < -0.3 is 11.5 Å². The van der Waals surface area contributed by atoms with E-state index < -0.39 is 17.9 Å². The lowest BCUT2D eigenvalue weighted by Crippen LogP contribution is -2.45. The van der Waals surface area contributed by atoms with Crippen molar-refractivity contribution >= 4 is 17.7 Å². The summed E-state index contributed by atoms with van der Waals surface area (Å²) in [4.78, 5) is 33.3. The van der Waals surface area contributed by atoms with E-state index in [0.29, 0.717) is 6.42 Å². The third kappa shape index (κ3) is 8.69. The van der Waals surface area contributed by atoms with E-state index in [4.69, 9.17) is 11.5 Å². The number of carbonyl (C=O) groups excluding carboxylic acids is 3. The smallest absolute Gasteiger partial charge is 0.243 e. The summed E-state index contributed by atoms with van der Waals surface area (Å²) in [6.07, 6.45) is 5.18. The Morgan fingerprint density at radius 1 is 1.11 bits per heavy atom. The Balaban J connectivity index is 3.73. The number of hydrogen-bond donors (Lipinski definition) is 3. The van der Waals surface area contributed by atoms with Gasteiger partial charge in [-0.3, -0.25) is 19.7 Å². The Hall–Kier alpha value is -1.43. The average Bonchev–Trinajstić information content (AvgIpc) is 2.27. The molecule has 0 heterocycles. The molecule has 0 aromatic carbocycles. The molecule has 6 nitrogen and oxygen atoms in total. The van der Waals surface area contributed by atoms with Crippen molar-refractivity contribution < 1.29 is 14.4 Å². The Kier molecular flexibility index (Phi) is 8.82. The van der Waals surface area contributed by atoms with Gasteiger partial charge in [-0.15, -0.1) is 0 Å². The summed E-state index contributed by atoms with van der Waals surface area (Å²) in [7, 11) is 0. The number of imide groups is 1. The summed E-state index contributed by atoms with van der Waals surface area (Å²) >= 11 is 0. The molecule has 3 amide bonds. The highest BCUT2D eigenvalue weighted by molar-refractivity contribution is 5.99. The molecule has 0 aromatic heterocycles. The molecular formula is C12H23N3O3. The van der Waals surface area contributed by atoms with E-state index in [1.807, 2.05) is 0 Å². The van der Waals surface area contributed by atoms with Crippen molar-refractivity contribution in [3.63, 3.8) is 0 Å². The Morgan fingerprint density at radius 3 is 2.28 bits per heavy atom. The van der Waals surface area contributed by atoms with Crippen molar-refractivity contribution in [1.82, 2.24) is 5.32 Å². The molecule has 0 bridgehead atoms. The number of unbranched alkanes of at least 4 members (excludes halogenated alkanes) is 4. The molecule has 0 aromatic rings. The zero-order valence-electron chi connectivity index (χ0n) is 10.9. The third-order valence-corrected chi connectivity index (χ3v) is 2.53. The van der Waals surface area contributed by atoms with Crippen molar-refractivity contribution in [1.29, 1.82) is 0 Å². The zero-order valence-corrected chi connectivity index (χ0v) is 10.9. The lowest BCUT2D eigenvalue weighted by molar-refractivity contribution is -0.132. The standard InChI is InChI=1S/C12H23N3O3/c1-2-3-4-5-6-7-11(17)15-12(18)9(13)8-10(14)16/h9H,2-8,13H2,1H3,(H2,14,16)(H,15,17,18)/t9-/m0/s1. The van der Waals surface area contributed by atoms with E-state index in [2.05, 4.69) is 12.2 Å². The maximum absolute atomic E-state index is 11.4. The first kappa shape index (κ1) is 16.6. The Labute approximate surface area is 107 Å².